The molecule has 28 heavy (non-hydrogen) atoms. The van der Waals surface area contributed by atoms with Crippen molar-refractivity contribution in [3.05, 3.63) is 52.5 Å². The molecule has 0 saturated carbocycles. The van der Waals surface area contributed by atoms with Gasteiger partial charge in [0.2, 0.25) is 11.6 Å². The highest BCUT2D eigenvalue weighted by Crippen LogP contribution is 2.27. The highest BCUT2D eigenvalue weighted by molar-refractivity contribution is 7.99. The molecule has 1 heterocycles. The van der Waals surface area contributed by atoms with Gasteiger partial charge in [-0.25, -0.2) is 0 Å². The number of aromatic nitrogens is 2. The van der Waals surface area contributed by atoms with Crippen molar-refractivity contribution in [2.45, 2.75) is 11.4 Å². The third-order valence-electron chi connectivity index (χ3n) is 3.66. The Hall–Kier alpha value is -2.42. The van der Waals surface area contributed by atoms with E-state index < -0.39 is 5.95 Å². The van der Waals surface area contributed by atoms with E-state index in [0.717, 1.165) is 0 Å². The zero-order valence-electron chi connectivity index (χ0n) is 14.6. The first kappa shape index (κ1) is 20.3. The van der Waals surface area contributed by atoms with Gasteiger partial charge in [-0.1, -0.05) is 35.0 Å². The summed E-state index contributed by atoms with van der Waals surface area (Å²) in [6.07, 6.45) is 0.164. The van der Waals surface area contributed by atoms with Crippen molar-refractivity contribution < 1.29 is 23.8 Å². The lowest BCUT2D eigenvalue weighted by atomic mass is 10.3. The quantitative estimate of drug-likeness (QED) is 0.447. The van der Waals surface area contributed by atoms with Gasteiger partial charge in [-0.15, -0.1) is 0 Å². The average molecular weight is 440 g/mol. The van der Waals surface area contributed by atoms with Gasteiger partial charge in [0.1, 0.15) is 5.75 Å². The van der Waals surface area contributed by atoms with Crippen LogP contribution in [-0.4, -0.2) is 24.0 Å². The van der Waals surface area contributed by atoms with Gasteiger partial charge >= 0.3 is 0 Å². The molecule has 1 N–H and O–H groups in total. The number of benzene rings is 2. The van der Waals surface area contributed by atoms with E-state index in [1.807, 2.05) is 0 Å². The van der Waals surface area contributed by atoms with E-state index in [9.17, 15) is 9.90 Å². The lowest BCUT2D eigenvalue weighted by Gasteiger charge is -2.07. The molecular formula is C18H15Cl2N3O4S. The molecule has 0 unspecified atom stereocenters. The molecule has 0 spiro atoms. The van der Waals surface area contributed by atoms with E-state index >= 15 is 0 Å². The summed E-state index contributed by atoms with van der Waals surface area (Å²) in [5, 5.41) is 19.5. The third kappa shape index (κ3) is 4.89. The number of halogens is 2. The van der Waals surface area contributed by atoms with Gasteiger partial charge in [-0.05, 0) is 35.0 Å². The first-order valence-electron chi connectivity index (χ1n) is 8.09. The molecule has 0 saturated heterocycles. The summed E-state index contributed by atoms with van der Waals surface area (Å²) in [6.45, 7) is 0. The van der Waals surface area contributed by atoms with Gasteiger partial charge in [-0.2, -0.15) is 0 Å². The third-order valence-corrected chi connectivity index (χ3v) is 5.23. The van der Waals surface area contributed by atoms with Crippen LogP contribution in [0.2, 0.25) is 10.0 Å². The molecule has 146 valence electrons. The maximum atomic E-state index is 12.1. The van der Waals surface area contributed by atoms with Gasteiger partial charge in [-0.3, -0.25) is 4.79 Å². The van der Waals surface area contributed by atoms with Gasteiger partial charge in [0.25, 0.3) is 5.03 Å². The van der Waals surface area contributed by atoms with Crippen LogP contribution in [0.3, 0.4) is 0 Å². The molecule has 3 rings (SSSR count). The zero-order chi connectivity index (χ0) is 20.1. The second kappa shape index (κ2) is 9.18. The molecule has 0 aliphatic rings. The number of carbonyl (C=O) groups excluding carboxylic acids is 1. The van der Waals surface area contributed by atoms with Crippen LogP contribution in [-0.2, 0) is 4.79 Å². The molecule has 1 aromatic heterocycles. The molecule has 0 aliphatic carbocycles. The Bertz CT molecular complexity index is 979. The Balaban J connectivity index is 1.61. The molecule has 0 fully saturated rings. The highest BCUT2D eigenvalue weighted by Gasteiger charge is 2.21. The molecule has 2 aromatic carbocycles. The number of ether oxygens (including phenoxy) is 1. The number of hydrogen-bond donors (Lipinski definition) is 1. The molecule has 1 amide bonds. The van der Waals surface area contributed by atoms with Gasteiger partial charge < -0.3 is 19.7 Å². The maximum Gasteiger partial charge on any atom is 0.297 e. The largest absolute Gasteiger partial charge is 0.538 e. The Kier molecular flexibility index (Phi) is 6.66. The average Bonchev–Trinajstić information content (AvgIpc) is 3.05. The van der Waals surface area contributed by atoms with Crippen LogP contribution in [0.15, 0.2) is 52.0 Å². The van der Waals surface area contributed by atoms with E-state index in [1.165, 1.54) is 16.4 Å². The molecule has 10 heteroatoms. The van der Waals surface area contributed by atoms with Crippen LogP contribution in [0.1, 0.15) is 6.42 Å². The van der Waals surface area contributed by atoms with Crippen molar-refractivity contribution in [1.82, 2.24) is 5.27 Å². The lowest BCUT2D eigenvalue weighted by Crippen LogP contribution is -2.34. The molecule has 0 bridgehead atoms. The van der Waals surface area contributed by atoms with Crippen molar-refractivity contribution in [2.24, 2.45) is 0 Å². The van der Waals surface area contributed by atoms with Gasteiger partial charge in [0, 0.05) is 29.3 Å². The number of thioether (sulfide) groups is 1. The van der Waals surface area contributed by atoms with Crippen LogP contribution >= 0.6 is 35.0 Å². The summed E-state index contributed by atoms with van der Waals surface area (Å²) in [4.78, 5) is 12.1. The van der Waals surface area contributed by atoms with Crippen molar-refractivity contribution in [1.29, 1.82) is 0 Å². The summed E-state index contributed by atoms with van der Waals surface area (Å²) in [6, 6.07) is 11.8. The fraction of sp³-hybridized carbons (Fsp3) is 0.167. The molecule has 7 nitrogen and oxygen atoms in total. The van der Waals surface area contributed by atoms with Crippen LogP contribution in [0, 0.1) is 0 Å². The Morgan fingerprint density at radius 1 is 1.29 bits per heavy atom. The minimum atomic E-state index is -0.568. The summed E-state index contributed by atoms with van der Waals surface area (Å²) in [5.41, 5.74) is 1.12. The summed E-state index contributed by atoms with van der Waals surface area (Å²) >= 11 is 13.1. The summed E-state index contributed by atoms with van der Waals surface area (Å²) in [5.74, 6) is 0.226. The number of nitrogens with zero attached hydrogens (tertiary/aromatic N) is 2. The standard InChI is InChI=1S/C18H15Cl2N3O4S/c1-26-13-5-3-12(4-6-13)23-17(18(25)27-22-23)28-9-8-16(24)21-15-7-2-11(19)10-14(15)20/h2-7,10H,8-9H2,1H3,(H-,21,22,24,25). The lowest BCUT2D eigenvalue weighted by molar-refractivity contribution is -0.705. The van der Waals surface area contributed by atoms with Crippen molar-refractivity contribution >= 4 is 46.6 Å². The molecule has 0 radical (unpaired) electrons. The number of anilines is 1. The van der Waals surface area contributed by atoms with Gasteiger partial charge in [0.05, 0.1) is 23.1 Å². The van der Waals surface area contributed by atoms with Crippen molar-refractivity contribution in [3.63, 3.8) is 0 Å². The predicted molar refractivity (Wildman–Crippen MR) is 104 cm³/mol. The Morgan fingerprint density at radius 2 is 2.04 bits per heavy atom. The summed E-state index contributed by atoms with van der Waals surface area (Å²) < 4.78 is 11.3. The fourth-order valence-electron chi connectivity index (χ4n) is 2.29. The maximum absolute atomic E-state index is 12.1. The topological polar surface area (TPSA) is 91.3 Å². The van der Waals surface area contributed by atoms with Crippen LogP contribution in [0.4, 0.5) is 5.69 Å². The monoisotopic (exact) mass is 439 g/mol. The van der Waals surface area contributed by atoms with Gasteiger partial charge in [0.15, 0.2) is 5.95 Å². The number of nitrogens with one attached hydrogen (secondary N) is 1. The number of methoxy groups -OCH3 is 1. The first-order valence-corrected chi connectivity index (χ1v) is 9.83. The molecule has 0 aliphatic heterocycles. The van der Waals surface area contributed by atoms with Crippen molar-refractivity contribution in [3.8, 4) is 17.4 Å². The fourth-order valence-corrected chi connectivity index (χ4v) is 3.65. The molecule has 3 aromatic rings. The van der Waals surface area contributed by atoms with E-state index in [4.69, 9.17) is 32.5 Å². The summed E-state index contributed by atoms with van der Waals surface area (Å²) in [7, 11) is 1.57. The first-order chi connectivity index (χ1) is 13.5. The Morgan fingerprint density at radius 3 is 2.71 bits per heavy atom. The highest BCUT2D eigenvalue weighted by atomic mass is 35.5. The smallest absolute Gasteiger partial charge is 0.297 e. The number of amides is 1. The Labute approximate surface area is 175 Å². The second-order valence-electron chi connectivity index (χ2n) is 5.55. The zero-order valence-corrected chi connectivity index (χ0v) is 17.0. The number of hydrogen-bond acceptors (Lipinski definition) is 6. The van der Waals surface area contributed by atoms with Crippen molar-refractivity contribution in [2.75, 3.05) is 18.2 Å². The van der Waals surface area contributed by atoms with Crippen LogP contribution in [0.25, 0.3) is 5.69 Å². The molecule has 0 atom stereocenters. The predicted octanol–water partition coefficient (Wildman–Crippen LogP) is 3.46. The molecular weight excluding hydrogens is 425 g/mol. The van der Waals surface area contributed by atoms with Crippen LogP contribution < -0.4 is 19.8 Å². The SMILES string of the molecule is COc1ccc(-[n+]2noc([O-])c2SCCC(=O)Nc2ccc(Cl)cc2Cl)cc1. The number of rotatable bonds is 7. The minimum absolute atomic E-state index is 0.164. The minimum Gasteiger partial charge on any atom is -0.538 e. The van der Waals surface area contributed by atoms with E-state index in [2.05, 4.69) is 10.6 Å². The van der Waals surface area contributed by atoms with E-state index in [0.29, 0.717) is 32.9 Å². The second-order valence-corrected chi connectivity index (χ2v) is 7.47. The normalized spacial score (nSPS) is 10.7. The van der Waals surface area contributed by atoms with Crippen LogP contribution in [0.5, 0.6) is 11.7 Å². The van der Waals surface area contributed by atoms with E-state index in [-0.39, 0.29) is 17.4 Å². The number of carbonyl (C=O) groups is 1. The van der Waals surface area contributed by atoms with E-state index in [1.54, 1.807) is 49.6 Å².